The maximum Gasteiger partial charge on any atom is 0.306 e. The maximum absolute atomic E-state index is 14.2. The number of ketones is 3. The Bertz CT molecular complexity index is 1180. The molecule has 2 N–H and O–H groups in total. The summed E-state index contributed by atoms with van der Waals surface area (Å²) in [5.41, 5.74) is -1.92. The number of carboxylic acids is 1. The number of hydrogen-bond donors (Lipinski definition) is 2. The second kappa shape index (κ2) is 7.72. The molecule has 7 heteroatoms. The number of allylic oxidation sites excluding steroid dienone is 3. The number of rotatable bonds is 5. The summed E-state index contributed by atoms with van der Waals surface area (Å²) >= 11 is 0. The molecule has 0 aromatic rings. The fraction of sp³-hybridized carbons (Fsp3) is 0.733. The third kappa shape index (κ3) is 3.01. The summed E-state index contributed by atoms with van der Waals surface area (Å²) in [5, 5.41) is 20.9. The first-order valence-corrected chi connectivity index (χ1v) is 13.6. The molecule has 1 spiro atoms. The SMILES string of the molecule is C/C(=C\C(=O)CC(C)C(=O)O)[C@H]1C[C@H](O)[C@]2(C)[C@]1(C)C(=O)C=C1[C@@]3(C)CCC(=O)C(C)(C)[C@@H]3C[C@H]3O[C@@]132. The minimum Gasteiger partial charge on any atom is -0.481 e. The molecule has 37 heavy (non-hydrogen) atoms. The van der Waals surface area contributed by atoms with Crippen molar-refractivity contribution in [1.82, 2.24) is 0 Å². The van der Waals surface area contributed by atoms with Crippen LogP contribution in [0, 0.1) is 39.4 Å². The van der Waals surface area contributed by atoms with Crippen LogP contribution in [0.5, 0.6) is 0 Å². The average Bonchev–Trinajstić information content (AvgIpc) is 3.49. The molecule has 9 atom stereocenters. The van der Waals surface area contributed by atoms with Crippen molar-refractivity contribution in [2.24, 2.45) is 39.4 Å². The number of fused-ring (bicyclic) bond motifs is 3. The van der Waals surface area contributed by atoms with Crippen LogP contribution in [0.25, 0.3) is 0 Å². The van der Waals surface area contributed by atoms with Gasteiger partial charge in [0.05, 0.1) is 18.1 Å². The van der Waals surface area contributed by atoms with Crippen molar-refractivity contribution in [3.8, 4) is 0 Å². The molecule has 1 heterocycles. The topological polar surface area (TPSA) is 121 Å². The Morgan fingerprint density at radius 1 is 1.16 bits per heavy atom. The van der Waals surface area contributed by atoms with Gasteiger partial charge in [0.1, 0.15) is 11.4 Å². The van der Waals surface area contributed by atoms with E-state index in [1.807, 2.05) is 27.7 Å². The third-order valence-corrected chi connectivity index (χ3v) is 11.7. The van der Waals surface area contributed by atoms with Crippen molar-refractivity contribution in [3.63, 3.8) is 0 Å². The van der Waals surface area contributed by atoms with Gasteiger partial charge in [-0.2, -0.15) is 0 Å². The molecule has 5 rings (SSSR count). The number of aliphatic carboxylic acids is 1. The van der Waals surface area contributed by atoms with E-state index < -0.39 is 39.8 Å². The normalized spacial score (nSPS) is 46.7. The van der Waals surface area contributed by atoms with Crippen molar-refractivity contribution < 1.29 is 34.1 Å². The van der Waals surface area contributed by atoms with Crippen LogP contribution >= 0.6 is 0 Å². The van der Waals surface area contributed by atoms with Crippen molar-refractivity contribution in [3.05, 3.63) is 23.3 Å². The van der Waals surface area contributed by atoms with E-state index in [1.54, 1.807) is 13.0 Å². The number of carboxylic acid groups (broad SMARTS) is 1. The standard InChI is InChI=1S/C30H40O7/c1-15(10-17(31)11-16(2)25(35)36)18-12-23(34)29(7)28(18,6)22(33)13-20-27(5)9-8-21(32)26(3,4)19(27)14-24-30(20,29)37-24/h10,13,16,18-19,23-24,34H,8-9,11-12,14H2,1-7H3,(H,35,36)/b15-10+/t16?,18-,19+,23+,24-,27+,28+,29-,30+/m1/s1. The van der Waals surface area contributed by atoms with Crippen LogP contribution in [0.2, 0.25) is 0 Å². The van der Waals surface area contributed by atoms with Crippen molar-refractivity contribution in [2.45, 2.75) is 98.4 Å². The molecule has 202 valence electrons. The number of Topliss-reactive ketones (excluding diaryl/α,β-unsaturated/α-hetero) is 1. The van der Waals surface area contributed by atoms with Gasteiger partial charge in [-0.1, -0.05) is 47.1 Å². The van der Waals surface area contributed by atoms with Crippen LogP contribution in [0.15, 0.2) is 23.3 Å². The molecule has 3 saturated carbocycles. The van der Waals surface area contributed by atoms with Gasteiger partial charge >= 0.3 is 5.97 Å². The largest absolute Gasteiger partial charge is 0.481 e. The Morgan fingerprint density at radius 2 is 1.81 bits per heavy atom. The zero-order valence-electron chi connectivity index (χ0n) is 23.0. The van der Waals surface area contributed by atoms with Crippen LogP contribution in [0.3, 0.4) is 0 Å². The molecule has 1 saturated heterocycles. The van der Waals surface area contributed by atoms with E-state index in [4.69, 9.17) is 4.74 Å². The maximum atomic E-state index is 14.2. The van der Waals surface area contributed by atoms with Gasteiger partial charge in [0, 0.05) is 29.1 Å². The summed E-state index contributed by atoms with van der Waals surface area (Å²) in [6, 6.07) is 0. The van der Waals surface area contributed by atoms with E-state index in [0.29, 0.717) is 31.3 Å². The van der Waals surface area contributed by atoms with Gasteiger partial charge in [-0.15, -0.1) is 0 Å². The van der Waals surface area contributed by atoms with Crippen LogP contribution in [0.4, 0.5) is 0 Å². The van der Waals surface area contributed by atoms with E-state index in [1.165, 1.54) is 13.0 Å². The highest BCUT2D eigenvalue weighted by Crippen LogP contribution is 2.79. The molecule has 5 aliphatic rings. The van der Waals surface area contributed by atoms with Crippen molar-refractivity contribution in [1.29, 1.82) is 0 Å². The molecule has 1 aliphatic heterocycles. The predicted molar refractivity (Wildman–Crippen MR) is 135 cm³/mol. The average molecular weight is 513 g/mol. The highest BCUT2D eigenvalue weighted by molar-refractivity contribution is 6.00. The molecule has 0 aromatic heterocycles. The van der Waals surface area contributed by atoms with Gasteiger partial charge < -0.3 is 14.9 Å². The van der Waals surface area contributed by atoms with E-state index >= 15 is 0 Å². The lowest BCUT2D eigenvalue weighted by Crippen LogP contribution is -2.65. The molecule has 1 unspecified atom stereocenters. The molecular weight excluding hydrogens is 472 g/mol. The smallest absolute Gasteiger partial charge is 0.306 e. The number of carbonyl (C=O) groups excluding carboxylic acids is 3. The first kappa shape index (κ1) is 26.5. The van der Waals surface area contributed by atoms with Gasteiger partial charge in [-0.05, 0) is 61.2 Å². The zero-order valence-corrected chi connectivity index (χ0v) is 23.0. The molecule has 0 radical (unpaired) electrons. The van der Waals surface area contributed by atoms with Crippen molar-refractivity contribution >= 4 is 23.3 Å². The second-order valence-corrected chi connectivity index (χ2v) is 13.6. The predicted octanol–water partition coefficient (Wildman–Crippen LogP) is 4.07. The fourth-order valence-electron chi connectivity index (χ4n) is 9.21. The molecule has 0 bridgehead atoms. The fourth-order valence-corrected chi connectivity index (χ4v) is 9.21. The summed E-state index contributed by atoms with van der Waals surface area (Å²) in [7, 11) is 0. The first-order valence-electron chi connectivity index (χ1n) is 13.6. The summed E-state index contributed by atoms with van der Waals surface area (Å²) < 4.78 is 6.60. The molecule has 0 amide bonds. The highest BCUT2D eigenvalue weighted by atomic mass is 16.6. The van der Waals surface area contributed by atoms with Crippen LogP contribution in [0.1, 0.15) is 80.6 Å². The monoisotopic (exact) mass is 512 g/mol. The summed E-state index contributed by atoms with van der Waals surface area (Å²) in [6.07, 6.45) is 4.30. The van der Waals surface area contributed by atoms with Crippen LogP contribution in [-0.4, -0.2) is 51.3 Å². The summed E-state index contributed by atoms with van der Waals surface area (Å²) in [6.45, 7) is 13.4. The van der Waals surface area contributed by atoms with E-state index in [2.05, 4.69) is 6.92 Å². The lowest BCUT2D eigenvalue weighted by Gasteiger charge is -2.60. The second-order valence-electron chi connectivity index (χ2n) is 13.6. The van der Waals surface area contributed by atoms with Gasteiger partial charge in [0.2, 0.25) is 0 Å². The number of carbonyl (C=O) groups is 4. The van der Waals surface area contributed by atoms with E-state index in [9.17, 15) is 29.4 Å². The molecule has 4 aliphatic carbocycles. The Kier molecular flexibility index (Phi) is 5.53. The zero-order chi connectivity index (χ0) is 27.5. The quantitative estimate of drug-likeness (QED) is 0.421. The van der Waals surface area contributed by atoms with Crippen LogP contribution < -0.4 is 0 Å². The Morgan fingerprint density at radius 3 is 2.43 bits per heavy atom. The molecule has 0 aromatic carbocycles. The van der Waals surface area contributed by atoms with Crippen LogP contribution in [-0.2, 0) is 23.9 Å². The highest BCUT2D eigenvalue weighted by Gasteiger charge is 2.85. The van der Waals surface area contributed by atoms with Gasteiger partial charge in [0.25, 0.3) is 0 Å². The number of hydrogen-bond acceptors (Lipinski definition) is 6. The summed E-state index contributed by atoms with van der Waals surface area (Å²) in [5.74, 6) is -2.25. The van der Waals surface area contributed by atoms with Gasteiger partial charge in [-0.25, -0.2) is 0 Å². The first-order chi connectivity index (χ1) is 17.0. The van der Waals surface area contributed by atoms with E-state index in [0.717, 1.165) is 5.57 Å². The van der Waals surface area contributed by atoms with Gasteiger partial charge in [-0.3, -0.25) is 19.2 Å². The number of epoxide rings is 1. The lowest BCUT2D eigenvalue weighted by molar-refractivity contribution is -0.148. The molecular formula is C30H40O7. The number of aliphatic hydroxyl groups is 1. The number of aliphatic hydroxyl groups excluding tert-OH is 1. The van der Waals surface area contributed by atoms with E-state index in [-0.39, 0.29) is 47.1 Å². The minimum absolute atomic E-state index is 0.0544. The molecule has 7 nitrogen and oxygen atoms in total. The minimum atomic E-state index is -1.02. The van der Waals surface area contributed by atoms with Crippen molar-refractivity contribution in [2.75, 3.05) is 0 Å². The number of ether oxygens (including phenoxy) is 1. The lowest BCUT2D eigenvalue weighted by atomic mass is 9.40. The third-order valence-electron chi connectivity index (χ3n) is 11.7. The Labute approximate surface area is 218 Å². The Hall–Kier alpha value is -2.12. The Balaban J connectivity index is 1.58. The van der Waals surface area contributed by atoms with Gasteiger partial charge in [0.15, 0.2) is 11.6 Å². The molecule has 4 fully saturated rings. The summed E-state index contributed by atoms with van der Waals surface area (Å²) in [4.78, 5) is 50.9.